The van der Waals surface area contributed by atoms with Gasteiger partial charge in [0.05, 0.1) is 27.8 Å². The van der Waals surface area contributed by atoms with E-state index in [0.717, 1.165) is 27.8 Å². The molecule has 1 aromatic heterocycles. The quantitative estimate of drug-likeness (QED) is 0.390. The van der Waals surface area contributed by atoms with Crippen molar-refractivity contribution in [1.29, 1.82) is 0 Å². The van der Waals surface area contributed by atoms with Crippen molar-refractivity contribution in [3.05, 3.63) is 42.5 Å². The molecule has 4 heteroatoms. The highest BCUT2D eigenvalue weighted by molar-refractivity contribution is 5.87. The molecule has 0 saturated carbocycles. The third kappa shape index (κ3) is 1.68. The Balaban J connectivity index is 2.32. The molecule has 2 N–H and O–H groups in total. The summed E-state index contributed by atoms with van der Waals surface area (Å²) in [4.78, 5) is 9.13. The van der Waals surface area contributed by atoms with E-state index in [4.69, 9.17) is 5.84 Å². The molecular weight excluding hydrogens is 212 g/mol. The van der Waals surface area contributed by atoms with Crippen molar-refractivity contribution >= 4 is 27.8 Å². The Morgan fingerprint density at radius 2 is 1.47 bits per heavy atom. The topological polar surface area (TPSA) is 55.0 Å². The van der Waals surface area contributed by atoms with Crippen molar-refractivity contribution in [1.82, 2.24) is 9.97 Å². The number of fused-ring (bicyclic) bond motifs is 2. The number of benzene rings is 2. The van der Waals surface area contributed by atoms with E-state index in [1.165, 1.54) is 0 Å². The first-order valence-corrected chi connectivity index (χ1v) is 5.39. The molecule has 0 spiro atoms. The number of hydrogen-bond donors (Lipinski definition) is 1. The first kappa shape index (κ1) is 9.99. The molecule has 2 aromatic carbocycles. The zero-order valence-electron chi connectivity index (χ0n) is 9.46. The van der Waals surface area contributed by atoms with Gasteiger partial charge in [0.1, 0.15) is 0 Å². The number of anilines is 1. The molecule has 0 bridgehead atoms. The Morgan fingerprint density at radius 3 is 2.12 bits per heavy atom. The Hall–Kier alpha value is -2.20. The summed E-state index contributed by atoms with van der Waals surface area (Å²) < 4.78 is 0. The third-order valence-electron chi connectivity index (χ3n) is 2.73. The standard InChI is InChI=1S/C13H12N4/c1-17(14)9-6-7-12-13(8-9)16-11-5-3-2-4-10(11)15-12/h2-8H,14H2,1H3. The second-order valence-corrected chi connectivity index (χ2v) is 4.00. The smallest absolute Gasteiger partial charge is 0.0915 e. The van der Waals surface area contributed by atoms with Crippen molar-refractivity contribution in [2.75, 3.05) is 12.1 Å². The fraction of sp³-hybridized carbons (Fsp3) is 0.0769. The molecule has 0 atom stereocenters. The second-order valence-electron chi connectivity index (χ2n) is 4.00. The Bertz CT molecular complexity index is 691. The van der Waals surface area contributed by atoms with Crippen molar-refractivity contribution in [3.8, 4) is 0 Å². The molecule has 1 heterocycles. The van der Waals surface area contributed by atoms with Gasteiger partial charge < -0.3 is 5.01 Å². The third-order valence-corrected chi connectivity index (χ3v) is 2.73. The minimum absolute atomic E-state index is 0.860. The molecule has 0 radical (unpaired) electrons. The van der Waals surface area contributed by atoms with Gasteiger partial charge in [0, 0.05) is 7.05 Å². The van der Waals surface area contributed by atoms with Crippen LogP contribution < -0.4 is 10.9 Å². The van der Waals surface area contributed by atoms with Crippen LogP contribution in [0.1, 0.15) is 0 Å². The van der Waals surface area contributed by atoms with E-state index in [9.17, 15) is 0 Å². The maximum Gasteiger partial charge on any atom is 0.0915 e. The van der Waals surface area contributed by atoms with Crippen molar-refractivity contribution in [2.45, 2.75) is 0 Å². The van der Waals surface area contributed by atoms with Crippen LogP contribution in [0, 0.1) is 0 Å². The summed E-state index contributed by atoms with van der Waals surface area (Å²) in [5, 5.41) is 1.57. The highest BCUT2D eigenvalue weighted by atomic mass is 15.4. The lowest BCUT2D eigenvalue weighted by Gasteiger charge is -2.12. The van der Waals surface area contributed by atoms with E-state index in [2.05, 4.69) is 9.97 Å². The number of hydrogen-bond acceptors (Lipinski definition) is 4. The van der Waals surface area contributed by atoms with Crippen molar-refractivity contribution < 1.29 is 0 Å². The minimum atomic E-state index is 0.860. The number of hydrazine groups is 1. The van der Waals surface area contributed by atoms with Gasteiger partial charge in [-0.05, 0) is 30.3 Å². The largest absolute Gasteiger partial charge is 0.314 e. The molecular formula is C13H12N4. The second kappa shape index (κ2) is 3.68. The molecule has 0 aliphatic carbocycles. The van der Waals surface area contributed by atoms with Gasteiger partial charge in [-0.15, -0.1) is 0 Å². The van der Waals surface area contributed by atoms with Crippen LogP contribution in [0.3, 0.4) is 0 Å². The average molecular weight is 224 g/mol. The van der Waals surface area contributed by atoms with Crippen molar-refractivity contribution in [3.63, 3.8) is 0 Å². The van der Waals surface area contributed by atoms with E-state index in [1.54, 1.807) is 12.1 Å². The zero-order valence-corrected chi connectivity index (χ0v) is 9.46. The first-order chi connectivity index (χ1) is 8.24. The molecule has 0 aliphatic heterocycles. The van der Waals surface area contributed by atoms with E-state index in [-0.39, 0.29) is 0 Å². The zero-order chi connectivity index (χ0) is 11.8. The van der Waals surface area contributed by atoms with Gasteiger partial charge >= 0.3 is 0 Å². The fourth-order valence-corrected chi connectivity index (χ4v) is 1.83. The van der Waals surface area contributed by atoms with Crippen LogP contribution >= 0.6 is 0 Å². The summed E-state index contributed by atoms with van der Waals surface area (Å²) in [5.74, 6) is 5.70. The first-order valence-electron chi connectivity index (χ1n) is 5.39. The van der Waals surface area contributed by atoms with Gasteiger partial charge in [-0.1, -0.05) is 12.1 Å². The summed E-state index contributed by atoms with van der Waals surface area (Å²) in [6.45, 7) is 0. The SMILES string of the molecule is CN(N)c1ccc2nc3ccccc3nc2c1. The Labute approximate surface area is 98.7 Å². The van der Waals surface area contributed by atoms with Crippen molar-refractivity contribution in [2.24, 2.45) is 5.84 Å². The Kier molecular flexibility index (Phi) is 2.16. The maximum atomic E-state index is 5.70. The minimum Gasteiger partial charge on any atom is -0.314 e. The van der Waals surface area contributed by atoms with Gasteiger partial charge in [-0.3, -0.25) is 0 Å². The predicted octanol–water partition coefficient (Wildman–Crippen LogP) is 2.09. The molecule has 3 aromatic rings. The van der Waals surface area contributed by atoms with Crippen LogP contribution in [0.4, 0.5) is 5.69 Å². The van der Waals surface area contributed by atoms with E-state index in [1.807, 2.05) is 42.5 Å². The molecule has 0 unspecified atom stereocenters. The molecule has 0 aliphatic rings. The summed E-state index contributed by atoms with van der Waals surface area (Å²) in [6, 6.07) is 13.7. The van der Waals surface area contributed by atoms with Crippen LogP contribution in [-0.2, 0) is 0 Å². The summed E-state index contributed by atoms with van der Waals surface area (Å²) >= 11 is 0. The maximum absolute atomic E-state index is 5.70. The van der Waals surface area contributed by atoms with Gasteiger partial charge in [0.15, 0.2) is 0 Å². The lowest BCUT2D eigenvalue weighted by molar-refractivity contribution is 1.02. The lowest BCUT2D eigenvalue weighted by Crippen LogP contribution is -2.24. The predicted molar refractivity (Wildman–Crippen MR) is 69.6 cm³/mol. The van der Waals surface area contributed by atoms with Crippen LogP contribution in [-0.4, -0.2) is 17.0 Å². The summed E-state index contributed by atoms with van der Waals surface area (Å²) in [7, 11) is 1.80. The monoisotopic (exact) mass is 224 g/mol. The number of nitrogens with two attached hydrogens (primary N) is 1. The molecule has 3 rings (SSSR count). The Morgan fingerprint density at radius 1 is 0.882 bits per heavy atom. The number of aromatic nitrogens is 2. The van der Waals surface area contributed by atoms with Gasteiger partial charge in [0.25, 0.3) is 0 Å². The van der Waals surface area contributed by atoms with E-state index < -0.39 is 0 Å². The molecule has 0 saturated heterocycles. The lowest BCUT2D eigenvalue weighted by atomic mass is 10.2. The van der Waals surface area contributed by atoms with Crippen LogP contribution in [0.5, 0.6) is 0 Å². The fourth-order valence-electron chi connectivity index (χ4n) is 1.83. The van der Waals surface area contributed by atoms with Gasteiger partial charge in [0.2, 0.25) is 0 Å². The van der Waals surface area contributed by atoms with Crippen LogP contribution in [0.2, 0.25) is 0 Å². The number of rotatable bonds is 1. The molecule has 0 amide bonds. The number of nitrogens with zero attached hydrogens (tertiary/aromatic N) is 3. The molecule has 84 valence electrons. The van der Waals surface area contributed by atoms with Gasteiger partial charge in [-0.2, -0.15) is 0 Å². The molecule has 4 nitrogen and oxygen atoms in total. The normalized spacial score (nSPS) is 10.9. The summed E-state index contributed by atoms with van der Waals surface area (Å²) in [6.07, 6.45) is 0. The van der Waals surface area contributed by atoms with E-state index in [0.29, 0.717) is 0 Å². The highest BCUT2D eigenvalue weighted by Gasteiger charge is 2.03. The van der Waals surface area contributed by atoms with Crippen LogP contribution in [0.25, 0.3) is 22.1 Å². The van der Waals surface area contributed by atoms with Gasteiger partial charge in [-0.25, -0.2) is 15.8 Å². The highest BCUT2D eigenvalue weighted by Crippen LogP contribution is 2.20. The number of para-hydroxylation sites is 2. The summed E-state index contributed by atoms with van der Waals surface area (Å²) in [5.41, 5.74) is 4.47. The average Bonchev–Trinajstić information content (AvgIpc) is 2.35. The molecule has 0 fully saturated rings. The van der Waals surface area contributed by atoms with E-state index >= 15 is 0 Å². The van der Waals surface area contributed by atoms with Crippen LogP contribution in [0.15, 0.2) is 42.5 Å². The molecule has 17 heavy (non-hydrogen) atoms.